The van der Waals surface area contributed by atoms with E-state index in [1.54, 1.807) is 18.2 Å². The van der Waals surface area contributed by atoms with Crippen LogP contribution < -0.4 is 0 Å². The van der Waals surface area contributed by atoms with Crippen LogP contribution in [0, 0.1) is 6.92 Å². The quantitative estimate of drug-likeness (QED) is 0.641. The van der Waals surface area contributed by atoms with Crippen molar-refractivity contribution in [2.24, 2.45) is 0 Å². The molecule has 0 N–H and O–H groups in total. The minimum atomic E-state index is -3.48. The molecule has 1 saturated heterocycles. The molecule has 0 aromatic heterocycles. The molecular weight excluding hydrogens is 282 g/mol. The van der Waals surface area contributed by atoms with Crippen LogP contribution in [0.25, 0.3) is 0 Å². The first-order valence-corrected chi connectivity index (χ1v) is 8.27. The molecule has 3 rings (SSSR count). The van der Waals surface area contributed by atoms with Crippen molar-refractivity contribution in [3.63, 3.8) is 0 Å². The maximum Gasteiger partial charge on any atom is 0.244 e. The van der Waals surface area contributed by atoms with Gasteiger partial charge in [-0.05, 0) is 24.6 Å². The summed E-state index contributed by atoms with van der Waals surface area (Å²) >= 11 is 0. The topological polar surface area (TPSA) is 37.1 Å². The van der Waals surface area contributed by atoms with E-state index in [9.17, 15) is 8.42 Å². The summed E-state index contributed by atoms with van der Waals surface area (Å²) in [6, 6.07) is 16.3. The van der Waals surface area contributed by atoms with Gasteiger partial charge in [-0.3, -0.25) is 0 Å². The standard InChI is InChI=1S/C17H17NO2S/c1-3-16-17(14-7-5-4-6-8-14)18(16)21(19,20)15-11-9-13(2)10-12-15/h3-12,16-17H,1H2,2H3. The van der Waals surface area contributed by atoms with E-state index in [0.29, 0.717) is 4.90 Å². The molecule has 3 unspecified atom stereocenters. The molecule has 0 spiro atoms. The molecule has 1 heterocycles. The van der Waals surface area contributed by atoms with Gasteiger partial charge in [-0.15, -0.1) is 6.58 Å². The molecule has 0 aliphatic carbocycles. The number of rotatable bonds is 4. The van der Waals surface area contributed by atoms with Crippen molar-refractivity contribution in [3.05, 3.63) is 78.4 Å². The predicted octanol–water partition coefficient (Wildman–Crippen LogP) is 3.30. The van der Waals surface area contributed by atoms with Crippen molar-refractivity contribution in [1.82, 2.24) is 4.31 Å². The molecule has 0 radical (unpaired) electrons. The molecule has 21 heavy (non-hydrogen) atoms. The van der Waals surface area contributed by atoms with Gasteiger partial charge in [0.2, 0.25) is 10.0 Å². The van der Waals surface area contributed by atoms with Gasteiger partial charge in [0.1, 0.15) is 0 Å². The van der Waals surface area contributed by atoms with Gasteiger partial charge in [0.15, 0.2) is 0 Å². The van der Waals surface area contributed by atoms with E-state index >= 15 is 0 Å². The van der Waals surface area contributed by atoms with Crippen molar-refractivity contribution in [2.45, 2.75) is 23.9 Å². The molecule has 1 fully saturated rings. The summed E-state index contributed by atoms with van der Waals surface area (Å²) in [7, 11) is -3.48. The van der Waals surface area contributed by atoms with Gasteiger partial charge in [-0.2, -0.15) is 4.31 Å². The zero-order chi connectivity index (χ0) is 15.0. The molecule has 1 aliphatic heterocycles. The molecule has 3 atom stereocenters. The van der Waals surface area contributed by atoms with Crippen LogP contribution in [0.1, 0.15) is 17.2 Å². The highest BCUT2D eigenvalue weighted by Crippen LogP contribution is 2.47. The molecule has 1 aliphatic rings. The third-order valence-electron chi connectivity index (χ3n) is 3.78. The van der Waals surface area contributed by atoms with E-state index < -0.39 is 10.0 Å². The Labute approximate surface area is 125 Å². The lowest BCUT2D eigenvalue weighted by Gasteiger charge is -2.07. The summed E-state index contributed by atoms with van der Waals surface area (Å²) in [4.78, 5) is 0.332. The Kier molecular flexibility index (Phi) is 3.43. The van der Waals surface area contributed by atoms with Gasteiger partial charge in [0.25, 0.3) is 0 Å². The van der Waals surface area contributed by atoms with Crippen LogP contribution in [0.15, 0.2) is 72.1 Å². The van der Waals surface area contributed by atoms with Crippen LogP contribution in [0.5, 0.6) is 0 Å². The van der Waals surface area contributed by atoms with Gasteiger partial charge in [0, 0.05) is 0 Å². The second kappa shape index (κ2) is 5.13. The molecule has 108 valence electrons. The van der Waals surface area contributed by atoms with Crippen LogP contribution in [0.2, 0.25) is 0 Å². The van der Waals surface area contributed by atoms with E-state index in [1.807, 2.05) is 49.4 Å². The first-order valence-electron chi connectivity index (χ1n) is 6.83. The van der Waals surface area contributed by atoms with Crippen LogP contribution >= 0.6 is 0 Å². The Morgan fingerprint density at radius 3 is 2.24 bits per heavy atom. The highest BCUT2D eigenvalue weighted by molar-refractivity contribution is 7.89. The average molecular weight is 299 g/mol. The molecule has 3 nitrogen and oxygen atoms in total. The molecule has 4 heteroatoms. The van der Waals surface area contributed by atoms with Crippen molar-refractivity contribution in [2.75, 3.05) is 0 Å². The van der Waals surface area contributed by atoms with Gasteiger partial charge in [0.05, 0.1) is 17.0 Å². The highest BCUT2D eigenvalue weighted by atomic mass is 32.2. The maximum absolute atomic E-state index is 12.7. The first-order chi connectivity index (χ1) is 10.1. The SMILES string of the molecule is C=CC1C(c2ccccc2)N1S(=O)(=O)c1ccc(C)cc1. The van der Waals surface area contributed by atoms with Crippen LogP contribution in [-0.4, -0.2) is 18.8 Å². The molecule has 0 saturated carbocycles. The lowest BCUT2D eigenvalue weighted by Crippen LogP contribution is -2.14. The van der Waals surface area contributed by atoms with Crippen LogP contribution in [0.4, 0.5) is 0 Å². The Bertz CT molecular complexity index is 751. The fourth-order valence-corrected chi connectivity index (χ4v) is 4.33. The summed E-state index contributed by atoms with van der Waals surface area (Å²) in [6.07, 6.45) is 1.70. The minimum absolute atomic E-state index is 0.144. The predicted molar refractivity (Wildman–Crippen MR) is 83.4 cm³/mol. The number of hydrogen-bond acceptors (Lipinski definition) is 2. The van der Waals surface area contributed by atoms with E-state index in [2.05, 4.69) is 6.58 Å². The van der Waals surface area contributed by atoms with E-state index in [1.165, 1.54) is 4.31 Å². The summed E-state index contributed by atoms with van der Waals surface area (Å²) in [6.45, 7) is 5.70. The minimum Gasteiger partial charge on any atom is -0.207 e. The summed E-state index contributed by atoms with van der Waals surface area (Å²) < 4.78 is 27.0. The lowest BCUT2D eigenvalue weighted by molar-refractivity contribution is 0.550. The Hall–Kier alpha value is -1.91. The number of sulfonamides is 1. The molecule has 0 bridgehead atoms. The fraction of sp³-hybridized carbons (Fsp3) is 0.176. The number of benzene rings is 2. The van der Waals surface area contributed by atoms with E-state index in [-0.39, 0.29) is 12.1 Å². The second-order valence-corrected chi connectivity index (χ2v) is 7.07. The largest absolute Gasteiger partial charge is 0.244 e. The molecule has 2 aromatic rings. The third-order valence-corrected chi connectivity index (χ3v) is 5.67. The maximum atomic E-state index is 12.7. The second-order valence-electron chi connectivity index (χ2n) is 5.23. The Balaban J connectivity index is 1.96. The van der Waals surface area contributed by atoms with Crippen molar-refractivity contribution >= 4 is 10.0 Å². The zero-order valence-corrected chi connectivity index (χ0v) is 12.6. The van der Waals surface area contributed by atoms with Gasteiger partial charge in [-0.1, -0.05) is 54.1 Å². The number of aryl methyl sites for hydroxylation is 1. The summed E-state index contributed by atoms with van der Waals surface area (Å²) in [5, 5.41) is 0. The van der Waals surface area contributed by atoms with E-state index in [4.69, 9.17) is 0 Å². The van der Waals surface area contributed by atoms with Crippen molar-refractivity contribution in [3.8, 4) is 0 Å². The normalized spacial score (nSPS) is 24.5. The smallest absolute Gasteiger partial charge is 0.207 e. The molecule has 2 aromatic carbocycles. The third kappa shape index (κ3) is 2.41. The highest BCUT2D eigenvalue weighted by Gasteiger charge is 2.54. The monoisotopic (exact) mass is 299 g/mol. The van der Waals surface area contributed by atoms with Crippen LogP contribution in [0.3, 0.4) is 0 Å². The van der Waals surface area contributed by atoms with Gasteiger partial charge in [-0.25, -0.2) is 8.42 Å². The summed E-state index contributed by atoms with van der Waals surface area (Å²) in [5.41, 5.74) is 2.04. The van der Waals surface area contributed by atoms with Crippen LogP contribution in [-0.2, 0) is 10.0 Å². The van der Waals surface area contributed by atoms with Gasteiger partial charge < -0.3 is 0 Å². The van der Waals surface area contributed by atoms with E-state index in [0.717, 1.165) is 11.1 Å². The molecular formula is C17H17NO2S. The van der Waals surface area contributed by atoms with Crippen molar-refractivity contribution in [1.29, 1.82) is 0 Å². The van der Waals surface area contributed by atoms with Gasteiger partial charge >= 0.3 is 0 Å². The number of hydrogen-bond donors (Lipinski definition) is 0. The fourth-order valence-electron chi connectivity index (χ4n) is 2.60. The molecule has 0 amide bonds. The summed E-state index contributed by atoms with van der Waals surface area (Å²) in [5.74, 6) is 0. The Morgan fingerprint density at radius 2 is 1.67 bits per heavy atom. The zero-order valence-electron chi connectivity index (χ0n) is 11.8. The lowest BCUT2D eigenvalue weighted by atomic mass is 10.1. The number of nitrogens with zero attached hydrogens (tertiary/aromatic N) is 1. The first kappa shape index (κ1) is 14.0. The average Bonchev–Trinajstić information content (AvgIpc) is 3.24. The Morgan fingerprint density at radius 1 is 1.05 bits per heavy atom. The van der Waals surface area contributed by atoms with Crippen molar-refractivity contribution < 1.29 is 8.42 Å².